The molecule has 0 spiro atoms. The summed E-state index contributed by atoms with van der Waals surface area (Å²) in [6, 6.07) is 26.6. The Kier molecular flexibility index (Phi) is 14.8. The van der Waals surface area contributed by atoms with Gasteiger partial charge in [-0.3, -0.25) is 0 Å². The number of sulfone groups is 1. The lowest BCUT2D eigenvalue weighted by atomic mass is 9.83. The van der Waals surface area contributed by atoms with Crippen molar-refractivity contribution in [3.63, 3.8) is 0 Å². The lowest BCUT2D eigenvalue weighted by Gasteiger charge is -2.27. The van der Waals surface area contributed by atoms with Gasteiger partial charge in [-0.1, -0.05) is 36.0 Å². The second-order valence-corrected chi connectivity index (χ2v) is 19.7. The fourth-order valence-electron chi connectivity index (χ4n) is 7.18. The predicted molar refractivity (Wildman–Crippen MR) is 228 cm³/mol. The molecule has 0 radical (unpaired) electrons. The second-order valence-electron chi connectivity index (χ2n) is 16.6. The lowest BCUT2D eigenvalue weighted by molar-refractivity contribution is 0.0512. The fourth-order valence-corrected chi connectivity index (χ4v) is 9.46. The molecular formula is C46H58N2O8S2. The van der Waals surface area contributed by atoms with Crippen LogP contribution in [-0.4, -0.2) is 59.1 Å². The third-order valence-electron chi connectivity index (χ3n) is 9.83. The average Bonchev–Trinajstić information content (AvgIpc) is 3.18. The highest BCUT2D eigenvalue weighted by Gasteiger charge is 2.26. The summed E-state index contributed by atoms with van der Waals surface area (Å²) in [6.45, 7) is 12.2. The van der Waals surface area contributed by atoms with Gasteiger partial charge in [0.1, 0.15) is 22.7 Å². The van der Waals surface area contributed by atoms with Crippen LogP contribution in [0.4, 0.5) is 9.59 Å². The monoisotopic (exact) mass is 830 g/mol. The van der Waals surface area contributed by atoms with Gasteiger partial charge in [-0.2, -0.15) is 0 Å². The van der Waals surface area contributed by atoms with Crippen LogP contribution in [0.1, 0.15) is 101 Å². The van der Waals surface area contributed by atoms with Gasteiger partial charge < -0.3 is 29.6 Å². The zero-order valence-corrected chi connectivity index (χ0v) is 36.6. The number of carbonyl (C=O) groups excluding carboxylic acids is 2. The molecule has 0 aromatic heterocycles. The molecule has 4 aromatic rings. The minimum absolute atomic E-state index is 0.134. The van der Waals surface area contributed by atoms with E-state index in [0.29, 0.717) is 24.8 Å². The van der Waals surface area contributed by atoms with Crippen LogP contribution in [0.15, 0.2) is 105 Å². The molecule has 4 aromatic carbocycles. The van der Waals surface area contributed by atoms with Crippen molar-refractivity contribution in [2.24, 2.45) is 0 Å². The van der Waals surface area contributed by atoms with Crippen molar-refractivity contribution in [3.8, 4) is 11.5 Å². The van der Waals surface area contributed by atoms with E-state index in [1.165, 1.54) is 34.1 Å². The van der Waals surface area contributed by atoms with Crippen molar-refractivity contribution >= 4 is 33.8 Å². The molecular weight excluding hydrogens is 773 g/mol. The molecule has 10 nitrogen and oxygen atoms in total. The van der Waals surface area contributed by atoms with Gasteiger partial charge in [-0.05, 0) is 163 Å². The van der Waals surface area contributed by atoms with Crippen LogP contribution in [0.5, 0.6) is 11.5 Å². The Labute approximate surface area is 348 Å². The summed E-state index contributed by atoms with van der Waals surface area (Å²) in [5, 5.41) is 5.78. The summed E-state index contributed by atoms with van der Waals surface area (Å²) in [7, 11) is -0.440. The molecule has 2 atom stereocenters. The molecule has 2 aliphatic rings. The van der Waals surface area contributed by atoms with Crippen LogP contribution in [0.2, 0.25) is 0 Å². The Morgan fingerprint density at radius 1 is 0.638 bits per heavy atom. The van der Waals surface area contributed by atoms with Gasteiger partial charge in [-0.25, -0.2) is 18.0 Å². The molecule has 0 heterocycles. The highest BCUT2D eigenvalue weighted by molar-refractivity contribution is 7.99. The van der Waals surface area contributed by atoms with E-state index in [9.17, 15) is 18.0 Å². The van der Waals surface area contributed by atoms with E-state index in [4.69, 9.17) is 18.9 Å². The smallest absolute Gasteiger partial charge is 0.407 e. The molecule has 0 unspecified atom stereocenters. The number of ether oxygens (including phenoxy) is 4. The van der Waals surface area contributed by atoms with Crippen molar-refractivity contribution < 1.29 is 37.0 Å². The second kappa shape index (κ2) is 19.4. The maximum Gasteiger partial charge on any atom is 0.407 e. The number of nitrogens with one attached hydrogen (secondary N) is 2. The van der Waals surface area contributed by atoms with Gasteiger partial charge in [0.05, 0.1) is 24.0 Å². The minimum atomic E-state index is -3.64. The fraction of sp³-hybridized carbons (Fsp3) is 0.435. The van der Waals surface area contributed by atoms with Crippen LogP contribution in [0.3, 0.4) is 0 Å². The molecule has 2 aliphatic carbocycles. The molecule has 312 valence electrons. The van der Waals surface area contributed by atoms with E-state index in [2.05, 4.69) is 41.0 Å². The van der Waals surface area contributed by atoms with Crippen LogP contribution in [0, 0.1) is 0 Å². The number of hydrogen-bond acceptors (Lipinski definition) is 9. The topological polar surface area (TPSA) is 129 Å². The number of hydrogen-bond donors (Lipinski definition) is 2. The summed E-state index contributed by atoms with van der Waals surface area (Å²) in [5.74, 6) is 1.85. The minimum Gasteiger partial charge on any atom is -0.497 e. The van der Waals surface area contributed by atoms with Crippen LogP contribution in [0.25, 0.3) is 0 Å². The Hall–Kier alpha value is -4.68. The van der Waals surface area contributed by atoms with Crippen LogP contribution >= 0.6 is 11.8 Å². The first-order chi connectivity index (χ1) is 27.4. The van der Waals surface area contributed by atoms with Gasteiger partial charge in [-0.15, -0.1) is 0 Å². The van der Waals surface area contributed by atoms with Crippen molar-refractivity contribution in [1.29, 1.82) is 0 Å². The standard InChI is InChI=1S/C23H29NO5S.C23H29NO3S/c1-23(2,3)29-22(25)24-15-17-8-5-7-16-13-20(11-12-21(16)17)30(26,27)19-10-6-9-18(14-19)28-4;1-23(2,3)27-22(25)24-15-17-8-5-7-16-13-20(11-12-21(16)17)28-19-10-6-9-18(14-19)26-4/h6,9-14,17H,5,7-8,15H2,1-4H3,(H,24,25);6,9-14,17H,5,7-8,15H2,1-4H3,(H,24,25)/t2*17-/m00/s1. The Morgan fingerprint density at radius 3 is 1.67 bits per heavy atom. The predicted octanol–water partition coefficient (Wildman–Crippen LogP) is 10.3. The number of methoxy groups -OCH3 is 2. The van der Waals surface area contributed by atoms with Crippen molar-refractivity contribution in [1.82, 2.24) is 10.6 Å². The van der Waals surface area contributed by atoms with Crippen molar-refractivity contribution in [3.05, 3.63) is 107 Å². The summed E-state index contributed by atoms with van der Waals surface area (Å²) < 4.78 is 47.3. The molecule has 0 fully saturated rings. The van der Waals surface area contributed by atoms with Gasteiger partial charge >= 0.3 is 12.2 Å². The van der Waals surface area contributed by atoms with E-state index in [1.54, 1.807) is 49.2 Å². The first kappa shape index (κ1) is 44.4. The lowest BCUT2D eigenvalue weighted by Crippen LogP contribution is -2.35. The third-order valence-corrected chi connectivity index (χ3v) is 12.6. The van der Waals surface area contributed by atoms with Crippen LogP contribution < -0.4 is 20.1 Å². The quantitative estimate of drug-likeness (QED) is 0.160. The largest absolute Gasteiger partial charge is 0.497 e. The zero-order valence-electron chi connectivity index (χ0n) is 35.0. The number of carbonyl (C=O) groups is 2. The molecule has 0 saturated carbocycles. The van der Waals surface area contributed by atoms with E-state index >= 15 is 0 Å². The number of amides is 2. The number of rotatable bonds is 10. The normalized spacial score (nSPS) is 16.3. The third kappa shape index (κ3) is 12.7. The van der Waals surface area contributed by atoms with Gasteiger partial charge in [0.2, 0.25) is 9.84 Å². The summed E-state index contributed by atoms with van der Waals surface area (Å²) >= 11 is 1.75. The molecule has 12 heteroatoms. The Balaban J connectivity index is 0.000000221. The number of aryl methyl sites for hydroxylation is 2. The number of benzene rings is 4. The summed E-state index contributed by atoms with van der Waals surface area (Å²) in [6.07, 6.45) is 5.23. The molecule has 0 saturated heterocycles. The van der Waals surface area contributed by atoms with E-state index in [-0.39, 0.29) is 21.8 Å². The molecule has 0 aliphatic heterocycles. The number of fused-ring (bicyclic) bond motifs is 2. The maximum atomic E-state index is 13.1. The van der Waals surface area contributed by atoms with Gasteiger partial charge in [0, 0.05) is 34.7 Å². The molecule has 2 amide bonds. The SMILES string of the molecule is COc1cccc(S(=O)(=O)c2ccc3c(c2)CCC[C@H]3CNC(=O)OC(C)(C)C)c1.COc1cccc(Sc2ccc3c(c2)CCC[C@H]3CNC(=O)OC(C)(C)C)c1. The first-order valence-corrected chi connectivity index (χ1v) is 22.1. The molecule has 6 rings (SSSR count). The van der Waals surface area contributed by atoms with Crippen molar-refractivity contribution in [2.45, 2.75) is 123 Å². The zero-order chi connectivity index (χ0) is 42.1. The molecule has 58 heavy (non-hydrogen) atoms. The molecule has 0 bridgehead atoms. The number of alkyl carbamates (subject to hydrolysis) is 2. The average molecular weight is 831 g/mol. The Morgan fingerprint density at radius 2 is 1.12 bits per heavy atom. The van der Waals surface area contributed by atoms with E-state index < -0.39 is 27.1 Å². The maximum absolute atomic E-state index is 13.1. The summed E-state index contributed by atoms with van der Waals surface area (Å²) in [5.41, 5.74) is 3.81. The van der Waals surface area contributed by atoms with Crippen LogP contribution in [-0.2, 0) is 32.2 Å². The van der Waals surface area contributed by atoms with Gasteiger partial charge in [0.15, 0.2) is 0 Å². The molecule has 2 N–H and O–H groups in total. The summed E-state index contributed by atoms with van der Waals surface area (Å²) in [4.78, 5) is 26.8. The van der Waals surface area contributed by atoms with E-state index in [0.717, 1.165) is 55.4 Å². The van der Waals surface area contributed by atoms with Crippen molar-refractivity contribution in [2.75, 3.05) is 27.3 Å². The Bertz CT molecular complexity index is 2160. The highest BCUT2D eigenvalue weighted by Crippen LogP contribution is 2.37. The van der Waals surface area contributed by atoms with E-state index in [1.807, 2.05) is 59.7 Å². The van der Waals surface area contributed by atoms with Gasteiger partial charge in [0.25, 0.3) is 0 Å². The highest BCUT2D eigenvalue weighted by atomic mass is 32.2. The first-order valence-electron chi connectivity index (χ1n) is 19.8.